The highest BCUT2D eigenvalue weighted by Gasteiger charge is 2.48. The monoisotopic (exact) mass is 275 g/mol. The molecule has 0 spiro atoms. The van der Waals surface area contributed by atoms with Gasteiger partial charge in [-0.1, -0.05) is 38.3 Å². The van der Waals surface area contributed by atoms with Gasteiger partial charge in [0.15, 0.2) is 0 Å². The van der Waals surface area contributed by atoms with Crippen LogP contribution in [0, 0.1) is 17.8 Å². The highest BCUT2D eigenvalue weighted by Crippen LogP contribution is 2.55. The van der Waals surface area contributed by atoms with Crippen LogP contribution < -0.4 is 0 Å². The number of fused-ring (bicyclic) bond motifs is 2. The number of hydrogen-bond acceptors (Lipinski definition) is 2. The first kappa shape index (κ1) is 14.1. The predicted molar refractivity (Wildman–Crippen MR) is 81.6 cm³/mol. The maximum atomic E-state index is 4.46. The van der Waals surface area contributed by atoms with E-state index in [0.717, 1.165) is 24.3 Å². The number of rotatable bonds is 6. The fourth-order valence-electron chi connectivity index (χ4n) is 4.18. The summed E-state index contributed by atoms with van der Waals surface area (Å²) in [5.41, 5.74) is 2.76. The standard InChI is InChI=1S/C17H29N3/c1-3-5-7-13-14-8-10-16-17(11-9-15(13)14)20(19-18-16)12-6-4-2/h13-15H,3-12H2,1-2H3. The lowest BCUT2D eigenvalue weighted by Gasteiger charge is -2.10. The van der Waals surface area contributed by atoms with Crippen molar-refractivity contribution in [3.05, 3.63) is 11.4 Å². The Hall–Kier alpha value is -0.860. The van der Waals surface area contributed by atoms with Gasteiger partial charge in [-0.05, 0) is 56.3 Å². The summed E-state index contributed by atoms with van der Waals surface area (Å²) in [7, 11) is 0. The zero-order valence-corrected chi connectivity index (χ0v) is 13.1. The van der Waals surface area contributed by atoms with Gasteiger partial charge in [0, 0.05) is 6.54 Å². The topological polar surface area (TPSA) is 30.7 Å². The van der Waals surface area contributed by atoms with Crippen molar-refractivity contribution in [1.29, 1.82) is 0 Å². The lowest BCUT2D eigenvalue weighted by molar-refractivity contribution is 0.512. The smallest absolute Gasteiger partial charge is 0.0859 e. The lowest BCUT2D eigenvalue weighted by atomic mass is 10.0. The molecule has 1 fully saturated rings. The molecular weight excluding hydrogens is 246 g/mol. The van der Waals surface area contributed by atoms with Gasteiger partial charge in [-0.15, -0.1) is 5.10 Å². The van der Waals surface area contributed by atoms with Crippen molar-refractivity contribution < 1.29 is 0 Å². The second-order valence-electron chi connectivity index (χ2n) is 6.77. The molecule has 3 heteroatoms. The molecule has 3 unspecified atom stereocenters. The summed E-state index contributed by atoms with van der Waals surface area (Å²) in [5.74, 6) is 3.07. The van der Waals surface area contributed by atoms with Crippen LogP contribution in [-0.4, -0.2) is 15.0 Å². The summed E-state index contributed by atoms with van der Waals surface area (Å²) in [6.07, 6.45) is 11.8. The first-order chi connectivity index (χ1) is 9.85. The Kier molecular flexibility index (Phi) is 4.42. The van der Waals surface area contributed by atoms with E-state index in [4.69, 9.17) is 0 Å². The highest BCUT2D eigenvalue weighted by molar-refractivity contribution is 5.15. The van der Waals surface area contributed by atoms with Crippen LogP contribution in [0.1, 0.15) is 70.2 Å². The maximum absolute atomic E-state index is 4.46. The minimum atomic E-state index is 1.01. The molecule has 1 aromatic heterocycles. The fourth-order valence-corrected chi connectivity index (χ4v) is 4.18. The van der Waals surface area contributed by atoms with Crippen LogP contribution in [0.15, 0.2) is 0 Å². The van der Waals surface area contributed by atoms with Gasteiger partial charge >= 0.3 is 0 Å². The van der Waals surface area contributed by atoms with E-state index in [1.807, 2.05) is 0 Å². The highest BCUT2D eigenvalue weighted by atomic mass is 15.4. The Morgan fingerprint density at radius 2 is 1.80 bits per heavy atom. The zero-order chi connectivity index (χ0) is 13.9. The van der Waals surface area contributed by atoms with Crippen LogP contribution in [0.25, 0.3) is 0 Å². The molecule has 0 amide bonds. The van der Waals surface area contributed by atoms with Crippen molar-refractivity contribution in [2.24, 2.45) is 17.8 Å². The third-order valence-electron chi connectivity index (χ3n) is 5.47. The number of unbranched alkanes of at least 4 members (excludes halogenated alkanes) is 2. The van der Waals surface area contributed by atoms with E-state index in [1.54, 1.807) is 0 Å². The van der Waals surface area contributed by atoms with E-state index >= 15 is 0 Å². The first-order valence-electron chi connectivity index (χ1n) is 8.76. The molecule has 1 saturated carbocycles. The minimum Gasteiger partial charge on any atom is -0.249 e. The average molecular weight is 275 g/mol. The third-order valence-corrected chi connectivity index (χ3v) is 5.47. The molecule has 2 aliphatic carbocycles. The van der Waals surface area contributed by atoms with Gasteiger partial charge in [-0.2, -0.15) is 0 Å². The molecule has 0 saturated heterocycles. The molecule has 3 atom stereocenters. The van der Waals surface area contributed by atoms with Gasteiger partial charge in [0.1, 0.15) is 0 Å². The molecule has 0 radical (unpaired) electrons. The second kappa shape index (κ2) is 6.28. The van der Waals surface area contributed by atoms with Crippen LogP contribution in [0.2, 0.25) is 0 Å². The van der Waals surface area contributed by atoms with Crippen molar-refractivity contribution in [3.8, 4) is 0 Å². The Morgan fingerprint density at radius 1 is 1.05 bits per heavy atom. The third kappa shape index (κ3) is 2.77. The summed E-state index contributed by atoms with van der Waals surface area (Å²) < 4.78 is 2.20. The molecule has 112 valence electrons. The van der Waals surface area contributed by atoms with E-state index in [2.05, 4.69) is 28.8 Å². The Balaban J connectivity index is 1.62. The second-order valence-corrected chi connectivity index (χ2v) is 6.77. The van der Waals surface area contributed by atoms with E-state index < -0.39 is 0 Å². The Labute approximate surface area is 123 Å². The number of aryl methyl sites for hydroxylation is 2. The van der Waals surface area contributed by atoms with Crippen LogP contribution >= 0.6 is 0 Å². The quantitative estimate of drug-likeness (QED) is 0.785. The summed E-state index contributed by atoms with van der Waals surface area (Å²) in [6.45, 7) is 5.62. The van der Waals surface area contributed by atoms with Gasteiger partial charge in [0.25, 0.3) is 0 Å². The van der Waals surface area contributed by atoms with Crippen LogP contribution in [0.3, 0.4) is 0 Å². The normalized spacial score (nSPS) is 28.4. The Morgan fingerprint density at radius 3 is 2.55 bits per heavy atom. The first-order valence-corrected chi connectivity index (χ1v) is 8.76. The molecule has 3 nitrogen and oxygen atoms in total. The summed E-state index contributed by atoms with van der Waals surface area (Å²) in [4.78, 5) is 0. The van der Waals surface area contributed by atoms with Crippen molar-refractivity contribution in [1.82, 2.24) is 15.0 Å². The number of nitrogens with zero attached hydrogens (tertiary/aromatic N) is 3. The van der Waals surface area contributed by atoms with E-state index in [-0.39, 0.29) is 0 Å². The van der Waals surface area contributed by atoms with Crippen LogP contribution in [0.5, 0.6) is 0 Å². The molecule has 0 aromatic carbocycles. The van der Waals surface area contributed by atoms with Crippen LogP contribution in [0.4, 0.5) is 0 Å². The molecule has 0 aliphatic heterocycles. The molecular formula is C17H29N3. The molecule has 0 bridgehead atoms. The minimum absolute atomic E-state index is 1.01. The zero-order valence-electron chi connectivity index (χ0n) is 13.1. The average Bonchev–Trinajstić information content (AvgIpc) is 2.95. The van der Waals surface area contributed by atoms with Crippen molar-refractivity contribution in [2.45, 2.75) is 78.2 Å². The van der Waals surface area contributed by atoms with Gasteiger partial charge in [-0.3, -0.25) is 0 Å². The fraction of sp³-hybridized carbons (Fsp3) is 0.882. The summed E-state index contributed by atoms with van der Waals surface area (Å²) in [5, 5.41) is 8.86. The lowest BCUT2D eigenvalue weighted by Crippen LogP contribution is -2.08. The number of hydrogen-bond donors (Lipinski definition) is 0. The van der Waals surface area contributed by atoms with Gasteiger partial charge < -0.3 is 0 Å². The van der Waals surface area contributed by atoms with Crippen LogP contribution in [-0.2, 0) is 19.4 Å². The summed E-state index contributed by atoms with van der Waals surface area (Å²) >= 11 is 0. The molecule has 20 heavy (non-hydrogen) atoms. The van der Waals surface area contributed by atoms with Gasteiger partial charge in [-0.25, -0.2) is 4.68 Å². The molecule has 3 rings (SSSR count). The van der Waals surface area contributed by atoms with Crippen molar-refractivity contribution in [3.63, 3.8) is 0 Å². The summed E-state index contributed by atoms with van der Waals surface area (Å²) in [6, 6.07) is 0. The predicted octanol–water partition coefficient (Wildman–Crippen LogP) is 4.01. The number of aromatic nitrogens is 3. The van der Waals surface area contributed by atoms with Gasteiger partial charge in [0.2, 0.25) is 0 Å². The van der Waals surface area contributed by atoms with Crippen molar-refractivity contribution in [2.75, 3.05) is 0 Å². The van der Waals surface area contributed by atoms with E-state index in [0.29, 0.717) is 0 Å². The van der Waals surface area contributed by atoms with E-state index in [1.165, 1.54) is 69.2 Å². The largest absolute Gasteiger partial charge is 0.249 e. The SMILES string of the molecule is CCCCC1C2CCc3nnn(CCCC)c3CCC12. The molecule has 0 N–H and O–H groups in total. The Bertz CT molecular complexity index is 437. The van der Waals surface area contributed by atoms with E-state index in [9.17, 15) is 0 Å². The molecule has 2 aliphatic rings. The molecule has 1 heterocycles. The maximum Gasteiger partial charge on any atom is 0.0859 e. The van der Waals surface area contributed by atoms with Crippen molar-refractivity contribution >= 4 is 0 Å². The van der Waals surface area contributed by atoms with Gasteiger partial charge in [0.05, 0.1) is 11.4 Å². The molecule has 1 aromatic rings.